The SMILES string of the molecule is CCOC(=O)c1c[nH]c(=O)c(C(CC(=O)NCCc2c[nH]c3ccccc23)c2ccc(OC)c(O)c2)c1O. The van der Waals surface area contributed by atoms with Crippen LogP contribution in [0.3, 0.4) is 0 Å². The van der Waals surface area contributed by atoms with E-state index in [1.54, 1.807) is 13.0 Å². The van der Waals surface area contributed by atoms with Gasteiger partial charge in [-0.05, 0) is 42.7 Å². The molecule has 0 saturated carbocycles. The number of benzene rings is 2. The Labute approximate surface area is 218 Å². The number of esters is 1. The molecule has 0 aliphatic heterocycles. The molecule has 1 atom stereocenters. The standard InChI is InChI=1S/C28H29N3O7/c1-3-38-28(36)20-15-31-27(35)25(26(20)34)19(16-8-9-23(37-2)22(32)12-16)13-24(33)29-11-10-17-14-30-21-7-5-4-6-18(17)21/h4-9,12,14-15,19,30,32H,3,10-11,13H2,1-2H3,(H,29,33)(H2,31,34,35). The third kappa shape index (κ3) is 5.49. The molecule has 1 unspecified atom stereocenters. The number of rotatable bonds is 10. The molecule has 198 valence electrons. The molecule has 0 bridgehead atoms. The van der Waals surface area contributed by atoms with Gasteiger partial charge in [0.05, 0.1) is 19.3 Å². The predicted molar refractivity (Wildman–Crippen MR) is 141 cm³/mol. The molecule has 0 fully saturated rings. The fraction of sp³-hybridized carbons (Fsp3) is 0.250. The third-order valence-corrected chi connectivity index (χ3v) is 6.33. The molecule has 0 aliphatic rings. The first-order valence-corrected chi connectivity index (χ1v) is 12.1. The maximum atomic E-state index is 13.1. The van der Waals surface area contributed by atoms with Gasteiger partial charge in [0.15, 0.2) is 11.5 Å². The van der Waals surface area contributed by atoms with Gasteiger partial charge in [0, 0.05) is 42.2 Å². The van der Waals surface area contributed by atoms with Crippen LogP contribution in [0.1, 0.15) is 46.3 Å². The van der Waals surface area contributed by atoms with Gasteiger partial charge in [-0.1, -0.05) is 24.3 Å². The summed E-state index contributed by atoms with van der Waals surface area (Å²) < 4.78 is 10.1. The van der Waals surface area contributed by atoms with Gasteiger partial charge in [-0.2, -0.15) is 0 Å². The van der Waals surface area contributed by atoms with Crippen molar-refractivity contribution in [3.63, 3.8) is 0 Å². The zero-order chi connectivity index (χ0) is 27.2. The van der Waals surface area contributed by atoms with Crippen molar-refractivity contribution in [1.29, 1.82) is 0 Å². The summed E-state index contributed by atoms with van der Waals surface area (Å²) in [6.45, 7) is 2.03. The van der Waals surface area contributed by atoms with E-state index in [0.717, 1.165) is 22.7 Å². The number of ether oxygens (including phenoxy) is 2. The second-order valence-corrected chi connectivity index (χ2v) is 8.66. The maximum Gasteiger partial charge on any atom is 0.343 e. The highest BCUT2D eigenvalue weighted by Crippen LogP contribution is 2.37. The van der Waals surface area contributed by atoms with Gasteiger partial charge in [0.2, 0.25) is 5.91 Å². The fourth-order valence-electron chi connectivity index (χ4n) is 4.47. The molecule has 0 radical (unpaired) electrons. The molecule has 0 saturated heterocycles. The minimum atomic E-state index is -0.988. The van der Waals surface area contributed by atoms with Gasteiger partial charge in [-0.25, -0.2) is 4.79 Å². The summed E-state index contributed by atoms with van der Waals surface area (Å²) in [5.74, 6) is -2.77. The first-order valence-electron chi connectivity index (χ1n) is 12.1. The highest BCUT2D eigenvalue weighted by Gasteiger charge is 2.28. The molecule has 10 heteroatoms. The van der Waals surface area contributed by atoms with Crippen molar-refractivity contribution in [2.45, 2.75) is 25.7 Å². The summed E-state index contributed by atoms with van der Waals surface area (Å²) in [4.78, 5) is 43.9. The van der Waals surface area contributed by atoms with E-state index < -0.39 is 23.2 Å². The molecule has 2 aromatic carbocycles. The van der Waals surface area contributed by atoms with Crippen LogP contribution in [0.25, 0.3) is 10.9 Å². The number of aromatic amines is 2. The van der Waals surface area contributed by atoms with E-state index in [4.69, 9.17) is 9.47 Å². The number of carbonyl (C=O) groups is 2. The number of para-hydroxylation sites is 1. The highest BCUT2D eigenvalue weighted by atomic mass is 16.5. The predicted octanol–water partition coefficient (Wildman–Crippen LogP) is 3.33. The number of carbonyl (C=O) groups excluding carboxylic acids is 2. The van der Waals surface area contributed by atoms with Gasteiger partial charge >= 0.3 is 5.97 Å². The van der Waals surface area contributed by atoms with E-state index in [9.17, 15) is 24.6 Å². The summed E-state index contributed by atoms with van der Waals surface area (Å²) in [7, 11) is 1.40. The number of pyridine rings is 1. The average Bonchev–Trinajstić information content (AvgIpc) is 3.31. The molecule has 38 heavy (non-hydrogen) atoms. The lowest BCUT2D eigenvalue weighted by molar-refractivity contribution is -0.121. The van der Waals surface area contributed by atoms with E-state index in [2.05, 4.69) is 15.3 Å². The topological polar surface area (TPSA) is 154 Å². The Morgan fingerprint density at radius 2 is 1.87 bits per heavy atom. The lowest BCUT2D eigenvalue weighted by Gasteiger charge is -2.20. The number of hydrogen-bond donors (Lipinski definition) is 5. The van der Waals surface area contributed by atoms with Gasteiger partial charge in [-0.15, -0.1) is 0 Å². The quantitative estimate of drug-likeness (QED) is 0.201. The number of hydrogen-bond acceptors (Lipinski definition) is 7. The summed E-state index contributed by atoms with van der Waals surface area (Å²) in [5.41, 5.74) is 1.33. The van der Waals surface area contributed by atoms with Crippen LogP contribution in [0.4, 0.5) is 0 Å². The average molecular weight is 520 g/mol. The number of fused-ring (bicyclic) bond motifs is 1. The number of H-pyrrole nitrogens is 2. The Hall–Kier alpha value is -4.73. The van der Waals surface area contributed by atoms with Crippen LogP contribution in [0.2, 0.25) is 0 Å². The van der Waals surface area contributed by atoms with Crippen LogP contribution in [-0.4, -0.2) is 52.3 Å². The Morgan fingerprint density at radius 1 is 1.08 bits per heavy atom. The second kappa shape index (κ2) is 11.5. The number of phenolic OH excluding ortho intramolecular Hbond substituents is 1. The molecule has 5 N–H and O–H groups in total. The summed E-state index contributed by atoms with van der Waals surface area (Å²) in [6.07, 6.45) is 3.32. The zero-order valence-electron chi connectivity index (χ0n) is 21.0. The van der Waals surface area contributed by atoms with Crippen LogP contribution in [-0.2, 0) is 16.0 Å². The minimum Gasteiger partial charge on any atom is -0.506 e. The normalized spacial score (nSPS) is 11.7. The van der Waals surface area contributed by atoms with Crippen molar-refractivity contribution < 1.29 is 29.3 Å². The van der Waals surface area contributed by atoms with Crippen molar-refractivity contribution in [3.8, 4) is 17.2 Å². The molecular formula is C28H29N3O7. The minimum absolute atomic E-state index is 0.0708. The van der Waals surface area contributed by atoms with E-state index in [0.29, 0.717) is 18.5 Å². The van der Waals surface area contributed by atoms with Gasteiger partial charge < -0.3 is 35.0 Å². The first kappa shape index (κ1) is 26.3. The van der Waals surface area contributed by atoms with Crippen LogP contribution in [0.5, 0.6) is 17.2 Å². The van der Waals surface area contributed by atoms with Gasteiger partial charge in [-0.3, -0.25) is 9.59 Å². The van der Waals surface area contributed by atoms with Crippen molar-refractivity contribution >= 4 is 22.8 Å². The molecule has 2 heterocycles. The Bertz CT molecular complexity index is 1520. The smallest absolute Gasteiger partial charge is 0.343 e. The number of aromatic nitrogens is 2. The molecule has 4 rings (SSSR count). The largest absolute Gasteiger partial charge is 0.506 e. The van der Waals surface area contributed by atoms with E-state index in [-0.39, 0.29) is 41.6 Å². The Balaban J connectivity index is 1.61. The molecule has 10 nitrogen and oxygen atoms in total. The van der Waals surface area contributed by atoms with Crippen LogP contribution in [0.15, 0.2) is 59.7 Å². The summed E-state index contributed by atoms with van der Waals surface area (Å²) in [5, 5.41) is 25.2. The summed E-state index contributed by atoms with van der Waals surface area (Å²) in [6, 6.07) is 12.3. The fourth-order valence-corrected chi connectivity index (χ4v) is 4.47. The van der Waals surface area contributed by atoms with Crippen LogP contribution < -0.4 is 15.6 Å². The second-order valence-electron chi connectivity index (χ2n) is 8.66. The third-order valence-electron chi connectivity index (χ3n) is 6.33. The molecule has 1 amide bonds. The van der Waals surface area contributed by atoms with E-state index in [1.807, 2.05) is 30.5 Å². The first-order chi connectivity index (χ1) is 18.3. The van der Waals surface area contributed by atoms with Crippen molar-refractivity contribution in [2.75, 3.05) is 20.3 Å². The van der Waals surface area contributed by atoms with Crippen LogP contribution >= 0.6 is 0 Å². The van der Waals surface area contributed by atoms with E-state index in [1.165, 1.54) is 19.2 Å². The number of phenols is 1. The highest BCUT2D eigenvalue weighted by molar-refractivity contribution is 5.92. The Morgan fingerprint density at radius 3 is 2.61 bits per heavy atom. The Kier molecular flexibility index (Phi) is 8.00. The lowest BCUT2D eigenvalue weighted by Crippen LogP contribution is -2.29. The van der Waals surface area contributed by atoms with Gasteiger partial charge in [0.1, 0.15) is 11.3 Å². The van der Waals surface area contributed by atoms with Crippen molar-refractivity contribution in [1.82, 2.24) is 15.3 Å². The van der Waals surface area contributed by atoms with Gasteiger partial charge in [0.25, 0.3) is 5.56 Å². The molecule has 4 aromatic rings. The molecular weight excluding hydrogens is 490 g/mol. The van der Waals surface area contributed by atoms with Crippen LogP contribution in [0, 0.1) is 0 Å². The molecule has 2 aromatic heterocycles. The molecule has 0 spiro atoms. The van der Waals surface area contributed by atoms with Crippen molar-refractivity contribution in [3.05, 3.63) is 87.5 Å². The number of nitrogens with one attached hydrogen (secondary N) is 3. The van der Waals surface area contributed by atoms with E-state index >= 15 is 0 Å². The van der Waals surface area contributed by atoms with Crippen molar-refractivity contribution in [2.24, 2.45) is 0 Å². The number of amides is 1. The molecule has 0 aliphatic carbocycles. The monoisotopic (exact) mass is 519 g/mol. The zero-order valence-corrected chi connectivity index (χ0v) is 21.0. The number of aromatic hydroxyl groups is 2. The maximum absolute atomic E-state index is 13.1. The number of methoxy groups -OCH3 is 1. The lowest BCUT2D eigenvalue weighted by atomic mass is 9.87. The summed E-state index contributed by atoms with van der Waals surface area (Å²) >= 11 is 0.